The number of carbonyl (C=O) groups excluding carboxylic acids is 1. The summed E-state index contributed by atoms with van der Waals surface area (Å²) in [5.74, 6) is -14.2. The van der Waals surface area contributed by atoms with Crippen molar-refractivity contribution in [3.8, 4) is 0 Å². The van der Waals surface area contributed by atoms with Crippen LogP contribution >= 0.6 is 0 Å². The minimum Gasteiger partial charge on any atom is -0.396 e. The van der Waals surface area contributed by atoms with Crippen LogP contribution in [-0.4, -0.2) is 37.4 Å². The van der Waals surface area contributed by atoms with Gasteiger partial charge in [0.05, 0.1) is 17.9 Å². The van der Waals surface area contributed by atoms with Crippen LogP contribution < -0.4 is 10.6 Å². The first-order chi connectivity index (χ1) is 20.9. The first kappa shape index (κ1) is 31.5. The van der Waals surface area contributed by atoms with Crippen molar-refractivity contribution in [1.82, 2.24) is 4.31 Å². The number of hydrogen-bond donors (Lipinski definition) is 2. The van der Waals surface area contributed by atoms with Crippen LogP contribution in [0.1, 0.15) is 61.1 Å². The van der Waals surface area contributed by atoms with E-state index in [4.69, 9.17) is 11.1 Å². The molecule has 3 aromatic rings. The molecule has 7 nitrogen and oxygen atoms in total. The first-order valence-electron chi connectivity index (χ1n) is 13.9. The summed E-state index contributed by atoms with van der Waals surface area (Å²) in [4.78, 5) is 12.7. The lowest BCUT2D eigenvalue weighted by Crippen LogP contribution is -2.59. The Hall–Kier alpha value is -3.91. The molecule has 2 fully saturated rings. The zero-order valence-corrected chi connectivity index (χ0v) is 24.0. The van der Waals surface area contributed by atoms with Gasteiger partial charge in [0.15, 0.2) is 34.0 Å². The third-order valence-electron chi connectivity index (χ3n) is 8.29. The zero-order valence-electron chi connectivity index (χ0n) is 23.2. The molecule has 0 bridgehead atoms. The number of nitrogen functional groups attached to an aromatic ring is 1. The van der Waals surface area contributed by atoms with Crippen LogP contribution in [0.2, 0.25) is 0 Å². The van der Waals surface area contributed by atoms with Gasteiger partial charge in [0.2, 0.25) is 21.7 Å². The molecule has 5 rings (SSSR count). The summed E-state index contributed by atoms with van der Waals surface area (Å²) < 4.78 is 113. The second-order valence-electron chi connectivity index (χ2n) is 10.9. The number of anilines is 2. The highest BCUT2D eigenvalue weighted by Crippen LogP contribution is 2.37. The average Bonchev–Trinajstić information content (AvgIpc) is 2.99. The van der Waals surface area contributed by atoms with Gasteiger partial charge in [-0.25, -0.2) is 34.8 Å². The summed E-state index contributed by atoms with van der Waals surface area (Å²) in [6.07, 6.45) is 6.13. The van der Waals surface area contributed by atoms with Crippen LogP contribution in [0.25, 0.3) is 0 Å². The molecular weight excluding hydrogens is 610 g/mol. The van der Waals surface area contributed by atoms with Crippen molar-refractivity contribution in [1.29, 1.82) is 5.41 Å². The summed E-state index contributed by atoms with van der Waals surface area (Å²) in [5, 5.41) is 7.43. The molecule has 1 saturated carbocycles. The number of hydrogen-bond acceptors (Lipinski definition) is 5. The number of rotatable bonds is 8. The van der Waals surface area contributed by atoms with E-state index in [0.717, 1.165) is 42.4 Å². The van der Waals surface area contributed by atoms with Crippen molar-refractivity contribution in [3.05, 3.63) is 88.0 Å². The minimum absolute atomic E-state index is 0.0228. The molecule has 0 unspecified atom stereocenters. The van der Waals surface area contributed by atoms with Gasteiger partial charge in [-0.3, -0.25) is 4.79 Å². The van der Waals surface area contributed by atoms with Crippen molar-refractivity contribution in [3.63, 3.8) is 0 Å². The highest BCUT2D eigenvalue weighted by molar-refractivity contribution is 7.89. The highest BCUT2D eigenvalue weighted by atomic mass is 32.2. The van der Waals surface area contributed by atoms with E-state index in [0.29, 0.717) is 15.8 Å². The number of halogens is 6. The lowest BCUT2D eigenvalue weighted by atomic mass is 9.84. The Bertz CT molecular complexity index is 1700. The molecule has 3 N–H and O–H groups in total. The molecule has 1 amide bonds. The molecule has 1 heterocycles. The molecule has 1 atom stereocenters. The number of nitrogens with two attached hydrogens (primary N) is 1. The van der Waals surface area contributed by atoms with Gasteiger partial charge in [-0.15, -0.1) is 0 Å². The van der Waals surface area contributed by atoms with Gasteiger partial charge >= 0.3 is 0 Å². The van der Waals surface area contributed by atoms with E-state index in [1.807, 2.05) is 12.1 Å². The molecule has 0 spiro atoms. The fourth-order valence-corrected chi connectivity index (χ4v) is 7.48. The van der Waals surface area contributed by atoms with Crippen molar-refractivity contribution in [2.24, 2.45) is 0 Å². The normalized spacial score (nSPS) is 17.7. The molecule has 2 aliphatic rings. The number of nitrogens with one attached hydrogen (secondary N) is 1. The largest absolute Gasteiger partial charge is 0.396 e. The van der Waals surface area contributed by atoms with Crippen LogP contribution in [0, 0.1) is 40.3 Å². The standard InChI is InChI=1S/C30H28F6N4O3S/c31-22-20(11-10-19(14-37)28(22)38)39(15-16-6-8-18(9-7-16)17-4-2-1-3-5-17)30(41)21-12-13-40(21)44(42,43)29-26(35)24(33)23(32)25(34)27(29)36/h6-11,14,17,21,37H,1-5,12-13,15,38H2/t21-/m1/s1. The molecule has 3 aromatic carbocycles. The van der Waals surface area contributed by atoms with E-state index in [-0.39, 0.29) is 24.2 Å². The van der Waals surface area contributed by atoms with E-state index in [2.05, 4.69) is 0 Å². The van der Waals surface area contributed by atoms with E-state index >= 15 is 4.39 Å². The quantitative estimate of drug-likeness (QED) is 0.102. The lowest BCUT2D eigenvalue weighted by Gasteiger charge is -2.41. The Kier molecular flexibility index (Phi) is 8.76. The van der Waals surface area contributed by atoms with Crippen LogP contribution in [0.4, 0.5) is 37.7 Å². The predicted octanol–water partition coefficient (Wildman–Crippen LogP) is 6.15. The molecule has 234 valence electrons. The molecule has 1 aliphatic heterocycles. The van der Waals surface area contributed by atoms with Gasteiger partial charge in [0.1, 0.15) is 6.04 Å². The maximum atomic E-state index is 15.5. The van der Waals surface area contributed by atoms with E-state index < -0.39 is 74.0 Å². The maximum absolute atomic E-state index is 15.5. The fourth-order valence-electron chi connectivity index (χ4n) is 5.73. The number of nitrogens with zero attached hydrogens (tertiary/aromatic N) is 2. The summed E-state index contributed by atoms with van der Waals surface area (Å²) in [7, 11) is -5.41. The minimum atomic E-state index is -5.41. The zero-order chi connectivity index (χ0) is 31.9. The summed E-state index contributed by atoms with van der Waals surface area (Å²) in [5.41, 5.74) is 6.72. The maximum Gasteiger partial charge on any atom is 0.249 e. The predicted molar refractivity (Wildman–Crippen MR) is 151 cm³/mol. The second kappa shape index (κ2) is 12.2. The molecule has 14 heteroatoms. The molecule has 1 aliphatic carbocycles. The summed E-state index contributed by atoms with van der Waals surface area (Å²) >= 11 is 0. The van der Waals surface area contributed by atoms with Crippen molar-refractivity contribution >= 4 is 33.5 Å². The van der Waals surface area contributed by atoms with Gasteiger partial charge in [0.25, 0.3) is 0 Å². The fraction of sp³-hybridized carbons (Fsp3) is 0.333. The van der Waals surface area contributed by atoms with Crippen molar-refractivity contribution in [2.75, 3.05) is 17.2 Å². The Morgan fingerprint density at radius 1 is 0.864 bits per heavy atom. The number of carbonyl (C=O) groups is 1. The van der Waals surface area contributed by atoms with E-state index in [1.54, 1.807) is 12.1 Å². The molecule has 0 aromatic heterocycles. The highest BCUT2D eigenvalue weighted by Gasteiger charge is 2.48. The monoisotopic (exact) mass is 638 g/mol. The van der Waals surface area contributed by atoms with Crippen LogP contribution in [-0.2, 0) is 21.4 Å². The Labute approximate surface area is 249 Å². The van der Waals surface area contributed by atoms with Crippen LogP contribution in [0.15, 0.2) is 41.3 Å². The number of benzene rings is 3. The first-order valence-corrected chi connectivity index (χ1v) is 15.3. The number of sulfonamides is 1. The molecule has 44 heavy (non-hydrogen) atoms. The van der Waals surface area contributed by atoms with Crippen molar-refractivity contribution < 1.29 is 39.6 Å². The van der Waals surface area contributed by atoms with Gasteiger partial charge in [-0.05, 0) is 48.4 Å². The Morgan fingerprint density at radius 3 is 2.00 bits per heavy atom. The SMILES string of the molecule is N=Cc1ccc(N(Cc2ccc(C3CCCCC3)cc2)C(=O)[C@H]2CCN2S(=O)(=O)c2c(F)c(F)c(F)c(F)c2F)c(F)c1N. The van der Waals surface area contributed by atoms with Crippen molar-refractivity contribution in [2.45, 2.75) is 61.9 Å². The molecule has 0 radical (unpaired) electrons. The molecule has 1 saturated heterocycles. The Morgan fingerprint density at radius 2 is 1.45 bits per heavy atom. The van der Waals surface area contributed by atoms with E-state index in [1.165, 1.54) is 18.6 Å². The van der Waals surface area contributed by atoms with Gasteiger partial charge in [-0.2, -0.15) is 4.31 Å². The Balaban J connectivity index is 1.51. The van der Waals surface area contributed by atoms with Crippen LogP contribution in [0.3, 0.4) is 0 Å². The molecular formula is C30H28F6N4O3S. The van der Waals surface area contributed by atoms with Gasteiger partial charge < -0.3 is 16.0 Å². The lowest BCUT2D eigenvalue weighted by molar-refractivity contribution is -0.125. The third-order valence-corrected chi connectivity index (χ3v) is 10.2. The topological polar surface area (TPSA) is 108 Å². The summed E-state index contributed by atoms with van der Waals surface area (Å²) in [6.45, 7) is -0.740. The third kappa shape index (κ3) is 5.45. The van der Waals surface area contributed by atoms with Crippen LogP contribution in [0.5, 0.6) is 0 Å². The average molecular weight is 639 g/mol. The van der Waals surface area contributed by atoms with E-state index in [9.17, 15) is 35.2 Å². The number of amides is 1. The van der Waals surface area contributed by atoms with Gasteiger partial charge in [0, 0.05) is 18.3 Å². The second-order valence-corrected chi connectivity index (χ2v) is 12.7. The van der Waals surface area contributed by atoms with Gasteiger partial charge in [-0.1, -0.05) is 43.5 Å². The summed E-state index contributed by atoms with van der Waals surface area (Å²) in [6, 6.07) is 8.13. The smallest absolute Gasteiger partial charge is 0.249 e.